The molecule has 1 heterocycles. The number of rotatable bonds is 5. The largest absolute Gasteiger partial charge is 0.508 e. The van der Waals surface area contributed by atoms with E-state index in [4.69, 9.17) is 5.26 Å². The third-order valence-electron chi connectivity index (χ3n) is 4.39. The van der Waals surface area contributed by atoms with Gasteiger partial charge in [-0.3, -0.25) is 9.59 Å². The van der Waals surface area contributed by atoms with E-state index < -0.39 is 40.8 Å². The first-order chi connectivity index (χ1) is 14.2. The second-order valence-corrected chi connectivity index (χ2v) is 8.68. The predicted molar refractivity (Wildman–Crippen MR) is 110 cm³/mol. The third kappa shape index (κ3) is 5.98. The molecule has 0 spiro atoms. The van der Waals surface area contributed by atoms with Gasteiger partial charge in [0.2, 0.25) is 5.91 Å². The maximum Gasteiger partial charge on any atom is 0.271 e. The lowest BCUT2D eigenvalue weighted by molar-refractivity contribution is -0.115. The summed E-state index contributed by atoms with van der Waals surface area (Å²) in [4.78, 5) is 28.2. The van der Waals surface area contributed by atoms with Gasteiger partial charge in [0.25, 0.3) is 5.91 Å². The van der Waals surface area contributed by atoms with E-state index in [-0.39, 0.29) is 22.7 Å². The van der Waals surface area contributed by atoms with Crippen molar-refractivity contribution in [2.24, 2.45) is 0 Å². The lowest BCUT2D eigenvalue weighted by Crippen LogP contribution is -2.42. The number of amides is 2. The summed E-state index contributed by atoms with van der Waals surface area (Å²) in [6.07, 6.45) is 0.295. The Morgan fingerprint density at radius 1 is 1.13 bits per heavy atom. The number of nitrogens with zero attached hydrogens (tertiary/aromatic N) is 2. The number of nitriles is 1. The van der Waals surface area contributed by atoms with E-state index in [1.807, 2.05) is 26.8 Å². The highest BCUT2D eigenvalue weighted by atomic mass is 19.1. The van der Waals surface area contributed by atoms with Crippen molar-refractivity contribution in [3.63, 3.8) is 0 Å². The molecule has 0 saturated heterocycles. The minimum atomic E-state index is -1.17. The molecular weight excluding hydrogens is 406 g/mol. The number of nitrogens with one attached hydrogen (secondary N) is 2. The van der Waals surface area contributed by atoms with Crippen LogP contribution in [0.4, 0.5) is 14.5 Å². The normalized spacial score (nSPS) is 11.5. The van der Waals surface area contributed by atoms with Crippen molar-refractivity contribution in [3.8, 4) is 11.8 Å². The molecule has 0 saturated carbocycles. The molecule has 0 aliphatic heterocycles. The van der Waals surface area contributed by atoms with E-state index in [0.717, 1.165) is 12.3 Å². The summed E-state index contributed by atoms with van der Waals surface area (Å²) in [7, 11) is 0. The van der Waals surface area contributed by atoms with Crippen LogP contribution in [-0.2, 0) is 16.6 Å². The number of halogens is 2. The molecule has 2 aromatic rings. The first-order valence-electron chi connectivity index (χ1n) is 9.44. The molecule has 1 aromatic carbocycles. The highest BCUT2D eigenvalue weighted by Gasteiger charge is 2.23. The number of anilines is 1. The van der Waals surface area contributed by atoms with Gasteiger partial charge in [0, 0.05) is 11.1 Å². The minimum Gasteiger partial charge on any atom is -0.508 e. The third-order valence-corrected chi connectivity index (χ3v) is 4.39. The number of carbonyl (C=O) groups is 2. The Labute approximate surface area is 179 Å². The predicted octanol–water partition coefficient (Wildman–Crippen LogP) is 3.58. The molecule has 3 N–H and O–H groups in total. The molecule has 0 radical (unpaired) electrons. The first-order valence-corrected chi connectivity index (χ1v) is 9.44. The van der Waals surface area contributed by atoms with Gasteiger partial charge in [-0.05, 0) is 37.5 Å². The second kappa shape index (κ2) is 8.68. The van der Waals surface area contributed by atoms with Crippen LogP contribution in [0.15, 0.2) is 24.4 Å². The van der Waals surface area contributed by atoms with Crippen LogP contribution in [0.5, 0.6) is 5.75 Å². The summed E-state index contributed by atoms with van der Waals surface area (Å²) < 4.78 is 28.5. The van der Waals surface area contributed by atoms with Crippen LogP contribution in [0.2, 0.25) is 0 Å². The molecule has 9 heteroatoms. The number of aromatic nitrogens is 1. The molecule has 0 fully saturated rings. The average Bonchev–Trinajstić information content (AvgIpc) is 2.64. The molecule has 0 aliphatic rings. The van der Waals surface area contributed by atoms with Gasteiger partial charge >= 0.3 is 0 Å². The van der Waals surface area contributed by atoms with Crippen molar-refractivity contribution in [3.05, 3.63) is 52.9 Å². The van der Waals surface area contributed by atoms with Crippen molar-refractivity contribution in [1.29, 1.82) is 5.26 Å². The Morgan fingerprint density at radius 2 is 1.77 bits per heavy atom. The Hall–Kier alpha value is -3.54. The van der Waals surface area contributed by atoms with Gasteiger partial charge in [-0.25, -0.2) is 13.8 Å². The molecule has 2 amide bonds. The summed E-state index contributed by atoms with van der Waals surface area (Å²) in [5.74, 6) is -3.19. The standard InChI is InChI=1S/C22H24F2N4O3/c1-21(2,3)13-8-14(23)12(6-18(13)29)7-19(30)27-16-9-17(26-10-15(16)24)20(31)28-22(4,5)11-25/h6,8-10,29H,7H2,1-5H3,(H,28,31)(H,26,27,30). The quantitative estimate of drug-likeness (QED) is 0.671. The zero-order valence-electron chi connectivity index (χ0n) is 17.9. The van der Waals surface area contributed by atoms with Crippen molar-refractivity contribution in [1.82, 2.24) is 10.3 Å². The monoisotopic (exact) mass is 430 g/mol. The number of benzene rings is 1. The summed E-state index contributed by atoms with van der Waals surface area (Å²) in [5, 5.41) is 23.9. The van der Waals surface area contributed by atoms with Crippen LogP contribution in [0.3, 0.4) is 0 Å². The zero-order valence-corrected chi connectivity index (χ0v) is 17.9. The van der Waals surface area contributed by atoms with Gasteiger partial charge in [-0.15, -0.1) is 0 Å². The zero-order chi connectivity index (χ0) is 23.6. The lowest BCUT2D eigenvalue weighted by Gasteiger charge is -2.21. The number of phenolic OH excluding ortho intramolecular Hbond substituents is 1. The minimum absolute atomic E-state index is 0.0637. The molecule has 0 aliphatic carbocycles. The van der Waals surface area contributed by atoms with E-state index in [0.29, 0.717) is 5.56 Å². The molecule has 1 aromatic heterocycles. The lowest BCUT2D eigenvalue weighted by atomic mass is 9.85. The number of hydrogen-bond acceptors (Lipinski definition) is 5. The molecular formula is C22H24F2N4O3. The average molecular weight is 430 g/mol. The van der Waals surface area contributed by atoms with E-state index in [1.165, 1.54) is 26.0 Å². The van der Waals surface area contributed by atoms with Crippen LogP contribution in [0.1, 0.15) is 56.2 Å². The molecule has 31 heavy (non-hydrogen) atoms. The second-order valence-electron chi connectivity index (χ2n) is 8.68. The summed E-state index contributed by atoms with van der Waals surface area (Å²) in [5.41, 5.74) is -1.87. The Kier molecular flexibility index (Phi) is 6.64. The van der Waals surface area contributed by atoms with Gasteiger partial charge in [-0.1, -0.05) is 20.8 Å². The Bertz CT molecular complexity index is 1070. The fraction of sp³-hybridized carbons (Fsp3) is 0.364. The topological polar surface area (TPSA) is 115 Å². The van der Waals surface area contributed by atoms with E-state index in [2.05, 4.69) is 15.6 Å². The molecule has 164 valence electrons. The summed E-state index contributed by atoms with van der Waals surface area (Å²) in [6, 6.07) is 5.25. The van der Waals surface area contributed by atoms with Crippen molar-refractivity contribution in [2.45, 2.75) is 52.0 Å². The van der Waals surface area contributed by atoms with Crippen LogP contribution in [0, 0.1) is 23.0 Å². The van der Waals surface area contributed by atoms with Crippen LogP contribution in [-0.4, -0.2) is 27.4 Å². The number of phenols is 1. The fourth-order valence-electron chi connectivity index (χ4n) is 2.74. The van der Waals surface area contributed by atoms with Crippen molar-refractivity contribution >= 4 is 17.5 Å². The molecule has 7 nitrogen and oxygen atoms in total. The highest BCUT2D eigenvalue weighted by Crippen LogP contribution is 2.32. The number of aromatic hydroxyl groups is 1. The van der Waals surface area contributed by atoms with Crippen LogP contribution >= 0.6 is 0 Å². The van der Waals surface area contributed by atoms with Crippen molar-refractivity contribution < 1.29 is 23.5 Å². The number of hydrogen-bond donors (Lipinski definition) is 3. The number of carbonyl (C=O) groups excluding carboxylic acids is 2. The van der Waals surface area contributed by atoms with Gasteiger partial charge < -0.3 is 15.7 Å². The van der Waals surface area contributed by atoms with Crippen LogP contribution in [0.25, 0.3) is 0 Å². The summed E-state index contributed by atoms with van der Waals surface area (Å²) >= 11 is 0. The van der Waals surface area contributed by atoms with Gasteiger partial charge in [0.15, 0.2) is 5.82 Å². The molecule has 0 bridgehead atoms. The van der Waals surface area contributed by atoms with Gasteiger partial charge in [0.1, 0.15) is 22.8 Å². The Morgan fingerprint density at radius 3 is 2.35 bits per heavy atom. The number of pyridine rings is 1. The highest BCUT2D eigenvalue weighted by molar-refractivity contribution is 5.96. The van der Waals surface area contributed by atoms with Crippen LogP contribution < -0.4 is 10.6 Å². The van der Waals surface area contributed by atoms with Crippen molar-refractivity contribution in [2.75, 3.05) is 5.32 Å². The molecule has 0 atom stereocenters. The van der Waals surface area contributed by atoms with E-state index in [9.17, 15) is 23.5 Å². The smallest absolute Gasteiger partial charge is 0.271 e. The van der Waals surface area contributed by atoms with E-state index in [1.54, 1.807) is 0 Å². The molecule has 2 rings (SSSR count). The van der Waals surface area contributed by atoms with Gasteiger partial charge in [-0.2, -0.15) is 5.26 Å². The molecule has 0 unspecified atom stereocenters. The Balaban J connectivity index is 2.20. The maximum absolute atomic E-state index is 14.4. The van der Waals surface area contributed by atoms with Gasteiger partial charge in [0.05, 0.1) is 24.4 Å². The maximum atomic E-state index is 14.4. The SMILES string of the molecule is CC(C)(C#N)NC(=O)c1cc(NC(=O)Cc2cc(O)c(C(C)(C)C)cc2F)c(F)cn1. The van der Waals surface area contributed by atoms with E-state index >= 15 is 0 Å². The summed E-state index contributed by atoms with van der Waals surface area (Å²) in [6.45, 7) is 8.39. The first kappa shape index (κ1) is 23.7. The fourth-order valence-corrected chi connectivity index (χ4v) is 2.74.